The molecule has 0 aromatic carbocycles. The van der Waals surface area contributed by atoms with Crippen LogP contribution in [0.2, 0.25) is 36.3 Å². The zero-order chi connectivity index (χ0) is 58.6. The van der Waals surface area contributed by atoms with E-state index in [1.807, 2.05) is 0 Å². The number of carbonyl (C=O) groups is 3. The van der Waals surface area contributed by atoms with Gasteiger partial charge in [-0.15, -0.1) is 0 Å². The Morgan fingerprint density at radius 2 is 0.808 bits per heavy atom. The van der Waals surface area contributed by atoms with Gasteiger partial charge in [0.15, 0.2) is 16.6 Å². The van der Waals surface area contributed by atoms with Crippen LogP contribution in [0.15, 0.2) is 0 Å². The Balaban J connectivity index is 0.000000217. The molecule has 454 valence electrons. The molecule has 5 nitrogen and oxygen atoms in total. The van der Waals surface area contributed by atoms with Crippen LogP contribution in [0.4, 0.5) is 0 Å². The third-order valence-electron chi connectivity index (χ3n) is 25.8. The molecular formula is C71H132O5Si2. The largest absolute Gasteiger partial charge is 0.412 e. The number of hydrogen-bond acceptors (Lipinski definition) is 5. The van der Waals surface area contributed by atoms with Gasteiger partial charge in [0.2, 0.25) is 0 Å². The molecule has 0 bridgehead atoms. The zero-order valence-corrected chi connectivity index (χ0v) is 58.0. The Morgan fingerprint density at radius 1 is 0.474 bits per heavy atom. The van der Waals surface area contributed by atoms with Crippen molar-refractivity contribution in [2.45, 2.75) is 358 Å². The molecule has 0 saturated heterocycles. The van der Waals surface area contributed by atoms with Crippen molar-refractivity contribution in [2.24, 2.45) is 74.9 Å². The Kier molecular flexibility index (Phi) is 23.4. The van der Waals surface area contributed by atoms with Crippen molar-refractivity contribution in [1.29, 1.82) is 0 Å². The fourth-order valence-electron chi connectivity index (χ4n) is 18.6. The van der Waals surface area contributed by atoms with Crippen LogP contribution >= 0.6 is 0 Å². The summed E-state index contributed by atoms with van der Waals surface area (Å²) in [4.78, 5) is 37.1. The lowest BCUT2D eigenvalue weighted by Gasteiger charge is -2.46. The van der Waals surface area contributed by atoms with Crippen molar-refractivity contribution >= 4 is 34.0 Å². The van der Waals surface area contributed by atoms with E-state index in [1.54, 1.807) is 0 Å². The second-order valence-electron chi connectivity index (χ2n) is 33.7. The second kappa shape index (κ2) is 26.7. The average molecular weight is 1120 g/mol. The number of Topliss-reactive ketones (excluding diaryl/α,β-unsaturated/α-hetero) is 3. The molecule has 0 spiro atoms. The summed E-state index contributed by atoms with van der Waals surface area (Å²) in [5.41, 5.74) is 1.56. The van der Waals surface area contributed by atoms with E-state index in [0.717, 1.165) is 106 Å². The van der Waals surface area contributed by atoms with Crippen LogP contribution in [0.1, 0.15) is 310 Å². The van der Waals surface area contributed by atoms with Crippen molar-refractivity contribution in [3.63, 3.8) is 0 Å². The van der Waals surface area contributed by atoms with E-state index >= 15 is 0 Å². The summed E-state index contributed by atoms with van der Waals surface area (Å²) < 4.78 is 13.7. The standard InChI is InChI=1S/C26H50O2Si.C24H46O2Si.C21H36O/c1-10-26(11-2,28-29(8,9)24(4,5)6)19-12-14-20(3)21-16-17-22-23(27)15-13-18-25(21,22)7;1-18(19-14-15-20-21(25)13-11-17-24(19,20)7)12-10-16-23(5,6)26-27(8,9)22(2,3)4;1-16(8-6-14-20(2)12-4-5-13-20)17-10-11-18-19(22)9-7-15-21(17,18)3/h20-22H,10-19H2,1-9H3;18-20H,10-17H2,1-9H3;16-18H,4-15H2,1-3H3/t20-,21+,22-,25+;18-,19+,20-,24+;16-,17+,18-,21+/m000/s1. The van der Waals surface area contributed by atoms with E-state index < -0.39 is 16.6 Å². The number of fused-ring (bicyclic) bond motifs is 3. The summed E-state index contributed by atoms with van der Waals surface area (Å²) in [7, 11) is -3.49. The van der Waals surface area contributed by atoms with E-state index in [9.17, 15) is 14.4 Å². The van der Waals surface area contributed by atoms with Gasteiger partial charge in [0.05, 0.1) is 11.2 Å². The highest BCUT2D eigenvalue weighted by Crippen LogP contribution is 2.60. The summed E-state index contributed by atoms with van der Waals surface area (Å²) in [5, 5.41) is 0.523. The third-order valence-corrected chi connectivity index (χ3v) is 35.0. The lowest BCUT2D eigenvalue weighted by molar-refractivity contribution is -0.131. The minimum absolute atomic E-state index is 0.0361. The van der Waals surface area contributed by atoms with Crippen LogP contribution in [-0.2, 0) is 23.2 Å². The summed E-state index contributed by atoms with van der Waals surface area (Å²) in [6, 6.07) is 0. The molecule has 0 aromatic rings. The first-order chi connectivity index (χ1) is 36.0. The molecule has 0 aliphatic heterocycles. The summed E-state index contributed by atoms with van der Waals surface area (Å²) >= 11 is 0. The first-order valence-corrected chi connectivity index (χ1v) is 39.8. The quantitative estimate of drug-likeness (QED) is 0.107. The average Bonchev–Trinajstić information content (AvgIpc) is 4.11. The molecule has 0 N–H and O–H groups in total. The maximum absolute atomic E-state index is 12.5. The molecule has 7 rings (SSSR count). The Hall–Kier alpha value is -0.636. The monoisotopic (exact) mass is 1120 g/mol. The van der Waals surface area contributed by atoms with Crippen LogP contribution in [0.25, 0.3) is 0 Å². The predicted molar refractivity (Wildman–Crippen MR) is 339 cm³/mol. The molecule has 0 amide bonds. The molecule has 7 fully saturated rings. The highest BCUT2D eigenvalue weighted by atomic mass is 28.4. The van der Waals surface area contributed by atoms with E-state index in [1.165, 1.54) is 122 Å². The highest BCUT2D eigenvalue weighted by Gasteiger charge is 2.55. The number of hydrogen-bond donors (Lipinski definition) is 0. The smallest absolute Gasteiger partial charge is 0.192 e. The van der Waals surface area contributed by atoms with Gasteiger partial charge < -0.3 is 8.85 Å². The van der Waals surface area contributed by atoms with Crippen molar-refractivity contribution < 1.29 is 23.2 Å². The predicted octanol–water partition coefficient (Wildman–Crippen LogP) is 21.7. The van der Waals surface area contributed by atoms with Gasteiger partial charge in [0, 0.05) is 37.0 Å². The van der Waals surface area contributed by atoms with Crippen LogP contribution in [-0.4, -0.2) is 45.2 Å². The number of rotatable bonds is 21. The van der Waals surface area contributed by atoms with Gasteiger partial charge in [-0.25, -0.2) is 0 Å². The van der Waals surface area contributed by atoms with Gasteiger partial charge >= 0.3 is 0 Å². The van der Waals surface area contributed by atoms with E-state index in [0.29, 0.717) is 45.9 Å². The minimum Gasteiger partial charge on any atom is -0.412 e. The van der Waals surface area contributed by atoms with Crippen molar-refractivity contribution in [3.8, 4) is 0 Å². The van der Waals surface area contributed by atoms with E-state index in [-0.39, 0.29) is 32.1 Å². The first kappa shape index (κ1) is 68.1. The van der Waals surface area contributed by atoms with Gasteiger partial charge in [0.25, 0.3) is 0 Å². The van der Waals surface area contributed by atoms with Gasteiger partial charge in [0.1, 0.15) is 17.3 Å². The fourth-order valence-corrected chi connectivity index (χ4v) is 22.2. The molecule has 7 saturated carbocycles. The number of carbonyl (C=O) groups excluding carboxylic acids is 3. The zero-order valence-electron chi connectivity index (χ0n) is 56.0. The molecule has 0 aromatic heterocycles. The lowest BCUT2D eigenvalue weighted by Crippen LogP contribution is -2.49. The topological polar surface area (TPSA) is 69.7 Å². The molecule has 7 aliphatic rings. The molecule has 78 heavy (non-hydrogen) atoms. The van der Waals surface area contributed by atoms with Gasteiger partial charge in [-0.2, -0.15) is 0 Å². The molecule has 0 heterocycles. The second-order valence-corrected chi connectivity index (χ2v) is 43.1. The fraction of sp³-hybridized carbons (Fsp3) is 0.958. The minimum atomic E-state index is -1.77. The van der Waals surface area contributed by atoms with E-state index in [4.69, 9.17) is 8.85 Å². The maximum Gasteiger partial charge on any atom is 0.192 e. The molecular weight excluding hydrogens is 989 g/mol. The Morgan fingerprint density at radius 3 is 1.15 bits per heavy atom. The van der Waals surface area contributed by atoms with Crippen molar-refractivity contribution in [2.75, 3.05) is 0 Å². The third kappa shape index (κ3) is 16.0. The van der Waals surface area contributed by atoms with Gasteiger partial charge in [-0.1, -0.05) is 155 Å². The van der Waals surface area contributed by atoms with Gasteiger partial charge in [-0.3, -0.25) is 14.4 Å². The van der Waals surface area contributed by atoms with E-state index in [2.05, 4.69) is 144 Å². The summed E-state index contributed by atoms with van der Waals surface area (Å²) in [6.07, 6.45) is 36.7. The van der Waals surface area contributed by atoms with Crippen LogP contribution in [0.5, 0.6) is 0 Å². The highest BCUT2D eigenvalue weighted by molar-refractivity contribution is 6.74. The first-order valence-electron chi connectivity index (χ1n) is 33.9. The summed E-state index contributed by atoms with van der Waals surface area (Å²) in [6.45, 7) is 49.9. The van der Waals surface area contributed by atoms with Gasteiger partial charge in [-0.05, 0) is 229 Å². The van der Waals surface area contributed by atoms with Crippen LogP contribution in [0, 0.1) is 74.9 Å². The summed E-state index contributed by atoms with van der Waals surface area (Å²) in [5.74, 6) is 7.34. The molecule has 7 aliphatic carbocycles. The lowest BCUT2D eigenvalue weighted by atomic mass is 9.62. The molecule has 0 radical (unpaired) electrons. The van der Waals surface area contributed by atoms with Crippen LogP contribution in [0.3, 0.4) is 0 Å². The normalized spacial score (nSPS) is 32.8. The molecule has 7 heteroatoms. The Bertz CT molecular complexity index is 1930. The SMILES string of the molecule is CCC(CC)(CCC[C@H](C)[C@H]1CC[C@H]2C(=O)CCC[C@]12C)O[Si](C)(C)C(C)(C)C.C[C@@H](CCCC(C)(C)O[Si](C)(C)C(C)(C)C)[C@H]1CC[C@H]2C(=O)CCC[C@]12C.C[C@@H](CCCC1(C)CCCC1)[C@H]1CC[C@H]2C(=O)CCC[C@]12C. The maximum atomic E-state index is 12.5. The number of ketones is 3. The van der Waals surface area contributed by atoms with Crippen LogP contribution < -0.4 is 0 Å². The van der Waals surface area contributed by atoms with Crippen molar-refractivity contribution in [3.05, 3.63) is 0 Å². The molecule has 0 unspecified atom stereocenters. The molecule has 12 atom stereocenters. The Labute approximate surface area is 487 Å². The van der Waals surface area contributed by atoms with Crippen molar-refractivity contribution in [1.82, 2.24) is 0 Å².